The highest BCUT2D eigenvalue weighted by Gasteiger charge is 2.13. The predicted molar refractivity (Wildman–Crippen MR) is 95.2 cm³/mol. The van der Waals surface area contributed by atoms with Crippen LogP contribution in [0.1, 0.15) is 16.2 Å². The van der Waals surface area contributed by atoms with Crippen molar-refractivity contribution in [2.75, 3.05) is 0 Å². The molecule has 0 unspecified atom stereocenters. The molecule has 0 saturated carbocycles. The third-order valence-electron chi connectivity index (χ3n) is 3.74. The van der Waals surface area contributed by atoms with Gasteiger partial charge in [-0.05, 0) is 24.3 Å². The Hall–Kier alpha value is -3.74. The Bertz CT molecular complexity index is 1050. The number of aromatic nitrogens is 4. The summed E-state index contributed by atoms with van der Waals surface area (Å²) in [5.41, 5.74) is 6.09. The number of aromatic amines is 2. The van der Waals surface area contributed by atoms with Gasteiger partial charge in [0, 0.05) is 28.9 Å². The number of amides is 1. The molecule has 1 aromatic carbocycles. The number of fused-ring (bicyclic) bond motifs is 1. The van der Waals surface area contributed by atoms with Gasteiger partial charge >= 0.3 is 0 Å². The van der Waals surface area contributed by atoms with E-state index in [2.05, 4.69) is 30.7 Å². The van der Waals surface area contributed by atoms with Gasteiger partial charge in [0.1, 0.15) is 5.69 Å². The maximum atomic E-state index is 12.2. The first-order chi connectivity index (χ1) is 12.3. The van der Waals surface area contributed by atoms with Gasteiger partial charge in [-0.25, -0.2) is 5.43 Å². The smallest absolute Gasteiger partial charge is 0.289 e. The minimum absolute atomic E-state index is 0.332. The Labute approximate surface area is 142 Å². The molecule has 0 fully saturated rings. The molecule has 1 amide bonds. The van der Waals surface area contributed by atoms with Gasteiger partial charge in [-0.2, -0.15) is 10.2 Å². The molecule has 4 aromatic rings. The van der Waals surface area contributed by atoms with E-state index < -0.39 is 0 Å². The Balaban J connectivity index is 1.51. The van der Waals surface area contributed by atoms with Crippen LogP contribution in [0.25, 0.3) is 22.2 Å². The predicted octanol–water partition coefficient (Wildman–Crippen LogP) is 2.72. The van der Waals surface area contributed by atoms with Gasteiger partial charge in [0.2, 0.25) is 0 Å². The normalized spacial score (nSPS) is 11.2. The monoisotopic (exact) mass is 330 g/mol. The second-order valence-corrected chi connectivity index (χ2v) is 5.37. The molecule has 3 aromatic heterocycles. The van der Waals surface area contributed by atoms with E-state index in [1.54, 1.807) is 18.3 Å². The number of H-pyrrole nitrogens is 2. The van der Waals surface area contributed by atoms with E-state index >= 15 is 0 Å². The van der Waals surface area contributed by atoms with Crippen LogP contribution in [0.3, 0.4) is 0 Å². The lowest BCUT2D eigenvalue weighted by molar-refractivity contribution is 0.0950. The summed E-state index contributed by atoms with van der Waals surface area (Å²) in [6.07, 6.45) is 5.02. The minimum Gasteiger partial charge on any atom is -0.360 e. The fourth-order valence-electron chi connectivity index (χ4n) is 2.53. The number of hydrogen-bond acceptors (Lipinski definition) is 4. The highest BCUT2D eigenvalue weighted by Crippen LogP contribution is 2.27. The number of rotatable bonds is 4. The number of hydrogen-bond donors (Lipinski definition) is 3. The lowest BCUT2D eigenvalue weighted by Gasteiger charge is -1.95. The molecule has 4 rings (SSSR count). The Morgan fingerprint density at radius 1 is 1.16 bits per heavy atom. The van der Waals surface area contributed by atoms with Crippen molar-refractivity contribution in [2.24, 2.45) is 5.10 Å². The van der Waals surface area contributed by atoms with Crippen LogP contribution in [0.4, 0.5) is 0 Å². The SMILES string of the molecule is O=C(N/N=C\c1ccccn1)c1cc(-c2c[nH]c3ccccc23)n[nH]1. The van der Waals surface area contributed by atoms with Crippen molar-refractivity contribution < 1.29 is 4.79 Å². The van der Waals surface area contributed by atoms with Gasteiger partial charge in [0.05, 0.1) is 17.6 Å². The van der Waals surface area contributed by atoms with Crippen LogP contribution in [0.2, 0.25) is 0 Å². The summed E-state index contributed by atoms with van der Waals surface area (Å²) in [5.74, 6) is -0.370. The number of nitrogens with one attached hydrogen (secondary N) is 3. The van der Waals surface area contributed by atoms with Crippen LogP contribution in [0, 0.1) is 0 Å². The third-order valence-corrected chi connectivity index (χ3v) is 3.74. The molecule has 122 valence electrons. The zero-order chi connectivity index (χ0) is 17.1. The fraction of sp³-hybridized carbons (Fsp3) is 0. The van der Waals surface area contributed by atoms with Gasteiger partial charge in [0.25, 0.3) is 5.91 Å². The van der Waals surface area contributed by atoms with E-state index in [-0.39, 0.29) is 5.91 Å². The zero-order valence-electron chi connectivity index (χ0n) is 13.1. The number of pyridine rings is 1. The van der Waals surface area contributed by atoms with E-state index in [0.29, 0.717) is 17.1 Å². The van der Waals surface area contributed by atoms with Crippen molar-refractivity contribution in [3.8, 4) is 11.3 Å². The average molecular weight is 330 g/mol. The van der Waals surface area contributed by atoms with Crippen LogP contribution in [-0.4, -0.2) is 32.3 Å². The summed E-state index contributed by atoms with van der Waals surface area (Å²) in [4.78, 5) is 19.4. The molecule has 0 aliphatic carbocycles. The van der Waals surface area contributed by atoms with E-state index in [1.165, 1.54) is 6.21 Å². The first-order valence-electron chi connectivity index (χ1n) is 7.67. The average Bonchev–Trinajstić information content (AvgIpc) is 3.29. The number of para-hydroxylation sites is 1. The Kier molecular flexibility index (Phi) is 3.80. The number of nitrogens with zero attached hydrogens (tertiary/aromatic N) is 3. The summed E-state index contributed by atoms with van der Waals surface area (Å²) in [6.45, 7) is 0. The van der Waals surface area contributed by atoms with Crippen molar-refractivity contribution >= 4 is 23.0 Å². The minimum atomic E-state index is -0.370. The number of hydrazone groups is 1. The molecule has 0 atom stereocenters. The standard InChI is InChI=1S/C18H14N6O/c25-18(24-21-10-12-5-3-4-8-19-12)17-9-16(22-23-17)14-11-20-15-7-2-1-6-13(14)15/h1-11,20H,(H,22,23)(H,24,25)/b21-10-. The molecule has 0 aliphatic rings. The molecule has 0 spiro atoms. The molecule has 0 aliphatic heterocycles. The largest absolute Gasteiger partial charge is 0.360 e. The second kappa shape index (κ2) is 6.40. The maximum absolute atomic E-state index is 12.2. The molecule has 7 nitrogen and oxygen atoms in total. The summed E-state index contributed by atoms with van der Waals surface area (Å²) in [5, 5.41) is 11.9. The van der Waals surface area contributed by atoms with Crippen LogP contribution in [0.15, 0.2) is 66.0 Å². The van der Waals surface area contributed by atoms with Crippen LogP contribution >= 0.6 is 0 Å². The first-order valence-corrected chi connectivity index (χ1v) is 7.67. The highest BCUT2D eigenvalue weighted by atomic mass is 16.2. The molecule has 0 bridgehead atoms. The summed E-state index contributed by atoms with van der Waals surface area (Å²) in [6, 6.07) is 15.1. The van der Waals surface area contributed by atoms with Gasteiger partial charge < -0.3 is 4.98 Å². The van der Waals surface area contributed by atoms with Crippen molar-refractivity contribution in [1.82, 2.24) is 25.6 Å². The van der Waals surface area contributed by atoms with E-state index in [9.17, 15) is 4.79 Å². The zero-order valence-corrected chi connectivity index (χ0v) is 13.1. The maximum Gasteiger partial charge on any atom is 0.289 e. The van der Waals surface area contributed by atoms with E-state index in [0.717, 1.165) is 16.5 Å². The van der Waals surface area contributed by atoms with Crippen molar-refractivity contribution in [3.05, 3.63) is 72.3 Å². The second-order valence-electron chi connectivity index (χ2n) is 5.37. The van der Waals surface area contributed by atoms with Crippen LogP contribution in [-0.2, 0) is 0 Å². The summed E-state index contributed by atoms with van der Waals surface area (Å²) >= 11 is 0. The van der Waals surface area contributed by atoms with Crippen molar-refractivity contribution in [1.29, 1.82) is 0 Å². The van der Waals surface area contributed by atoms with Gasteiger partial charge in [-0.1, -0.05) is 24.3 Å². The molecular weight excluding hydrogens is 316 g/mol. The lowest BCUT2D eigenvalue weighted by Crippen LogP contribution is -2.18. The molecule has 3 N–H and O–H groups in total. The first kappa shape index (κ1) is 14.8. The fourth-order valence-corrected chi connectivity index (χ4v) is 2.53. The number of carbonyl (C=O) groups is 1. The lowest BCUT2D eigenvalue weighted by atomic mass is 10.1. The topological polar surface area (TPSA) is 98.8 Å². The van der Waals surface area contributed by atoms with E-state index in [1.807, 2.05) is 42.6 Å². The van der Waals surface area contributed by atoms with Crippen molar-refractivity contribution in [3.63, 3.8) is 0 Å². The Morgan fingerprint density at radius 2 is 2.04 bits per heavy atom. The molecule has 25 heavy (non-hydrogen) atoms. The third kappa shape index (κ3) is 3.02. The van der Waals surface area contributed by atoms with Gasteiger partial charge in [0.15, 0.2) is 0 Å². The number of benzene rings is 1. The summed E-state index contributed by atoms with van der Waals surface area (Å²) < 4.78 is 0. The van der Waals surface area contributed by atoms with Crippen molar-refractivity contribution in [2.45, 2.75) is 0 Å². The van der Waals surface area contributed by atoms with E-state index in [4.69, 9.17) is 0 Å². The van der Waals surface area contributed by atoms with Gasteiger partial charge in [-0.3, -0.25) is 14.9 Å². The quantitative estimate of drug-likeness (QED) is 0.396. The van der Waals surface area contributed by atoms with Crippen LogP contribution in [0.5, 0.6) is 0 Å². The molecule has 7 heteroatoms. The van der Waals surface area contributed by atoms with Crippen LogP contribution < -0.4 is 5.43 Å². The van der Waals surface area contributed by atoms with Gasteiger partial charge in [-0.15, -0.1) is 0 Å². The molecule has 3 heterocycles. The molecule has 0 radical (unpaired) electrons. The molecular formula is C18H14N6O. The number of carbonyl (C=O) groups excluding carboxylic acids is 1. The highest BCUT2D eigenvalue weighted by molar-refractivity contribution is 5.97. The Morgan fingerprint density at radius 3 is 2.92 bits per heavy atom. The summed E-state index contributed by atoms with van der Waals surface area (Å²) in [7, 11) is 0. The molecule has 0 saturated heterocycles.